The van der Waals surface area contributed by atoms with E-state index in [-0.39, 0.29) is 5.54 Å². The largest absolute Gasteiger partial charge is 0.314 e. The van der Waals surface area contributed by atoms with Crippen molar-refractivity contribution >= 4 is 0 Å². The average molecular weight is 254 g/mol. The van der Waals surface area contributed by atoms with Crippen LogP contribution in [-0.4, -0.2) is 24.2 Å². The van der Waals surface area contributed by atoms with Crippen LogP contribution in [0.2, 0.25) is 0 Å². The Balaban J connectivity index is 2.35. The molecule has 0 aromatic rings. The van der Waals surface area contributed by atoms with Crippen molar-refractivity contribution in [2.45, 2.75) is 91.3 Å². The van der Waals surface area contributed by atoms with Gasteiger partial charge in [-0.15, -0.1) is 0 Å². The zero-order valence-corrected chi connectivity index (χ0v) is 13.4. The van der Waals surface area contributed by atoms with Crippen molar-refractivity contribution in [1.29, 1.82) is 0 Å². The first-order valence-electron chi connectivity index (χ1n) is 7.69. The fraction of sp³-hybridized carbons (Fsp3) is 1.00. The first-order chi connectivity index (χ1) is 8.18. The van der Waals surface area contributed by atoms with Gasteiger partial charge in [0.2, 0.25) is 0 Å². The molecular weight excluding hydrogens is 220 g/mol. The summed E-state index contributed by atoms with van der Waals surface area (Å²) < 4.78 is 0. The summed E-state index contributed by atoms with van der Waals surface area (Å²) in [5, 5.41) is 7.46. The summed E-state index contributed by atoms with van der Waals surface area (Å²) >= 11 is 0. The van der Waals surface area contributed by atoms with E-state index in [4.69, 9.17) is 0 Å². The molecular formula is C16H34N2. The molecule has 1 aliphatic rings. The summed E-state index contributed by atoms with van der Waals surface area (Å²) in [5.41, 5.74) is 0.617. The molecule has 0 amide bonds. The highest BCUT2D eigenvalue weighted by Gasteiger charge is 2.27. The summed E-state index contributed by atoms with van der Waals surface area (Å²) in [7, 11) is 0. The van der Waals surface area contributed by atoms with Gasteiger partial charge in [0.15, 0.2) is 0 Å². The molecule has 1 aliphatic heterocycles. The van der Waals surface area contributed by atoms with Crippen LogP contribution in [0.15, 0.2) is 0 Å². The van der Waals surface area contributed by atoms with E-state index in [1.165, 1.54) is 38.6 Å². The molecule has 1 heterocycles. The van der Waals surface area contributed by atoms with Crippen LogP contribution in [0.1, 0.15) is 73.6 Å². The number of rotatable bonds is 5. The third-order valence-electron chi connectivity index (χ3n) is 3.66. The predicted octanol–water partition coefficient (Wildman–Crippen LogP) is 3.71. The van der Waals surface area contributed by atoms with Crippen LogP contribution < -0.4 is 10.6 Å². The van der Waals surface area contributed by atoms with Gasteiger partial charge in [-0.2, -0.15) is 0 Å². The van der Waals surface area contributed by atoms with E-state index < -0.39 is 0 Å². The van der Waals surface area contributed by atoms with Crippen molar-refractivity contribution in [2.75, 3.05) is 6.54 Å². The van der Waals surface area contributed by atoms with E-state index in [2.05, 4.69) is 52.2 Å². The van der Waals surface area contributed by atoms with E-state index in [0.29, 0.717) is 11.5 Å². The lowest BCUT2D eigenvalue weighted by Gasteiger charge is -2.37. The minimum atomic E-state index is 0.229. The molecule has 0 bridgehead atoms. The topological polar surface area (TPSA) is 24.1 Å². The summed E-state index contributed by atoms with van der Waals surface area (Å²) in [6.45, 7) is 15.2. The Bertz CT molecular complexity index is 234. The Morgan fingerprint density at radius 1 is 1.17 bits per heavy atom. The maximum absolute atomic E-state index is 3.82. The Kier molecular flexibility index (Phi) is 5.67. The van der Waals surface area contributed by atoms with Crippen LogP contribution in [0.25, 0.3) is 0 Å². The van der Waals surface area contributed by atoms with Crippen molar-refractivity contribution < 1.29 is 0 Å². The maximum Gasteiger partial charge on any atom is 0.0132 e. The predicted molar refractivity (Wildman–Crippen MR) is 81.0 cm³/mol. The monoisotopic (exact) mass is 254 g/mol. The van der Waals surface area contributed by atoms with Crippen molar-refractivity contribution in [2.24, 2.45) is 5.41 Å². The van der Waals surface area contributed by atoms with Gasteiger partial charge in [-0.1, -0.05) is 27.2 Å². The Labute approximate surface area is 114 Å². The van der Waals surface area contributed by atoms with Gasteiger partial charge in [0, 0.05) is 17.6 Å². The molecule has 2 N–H and O–H groups in total. The van der Waals surface area contributed by atoms with Crippen molar-refractivity contribution in [3.8, 4) is 0 Å². The van der Waals surface area contributed by atoms with E-state index in [9.17, 15) is 0 Å². The molecule has 1 saturated heterocycles. The van der Waals surface area contributed by atoms with E-state index >= 15 is 0 Å². The van der Waals surface area contributed by atoms with Gasteiger partial charge in [0.25, 0.3) is 0 Å². The first kappa shape index (κ1) is 16.0. The third kappa shape index (κ3) is 6.75. The molecule has 0 spiro atoms. The summed E-state index contributed by atoms with van der Waals surface area (Å²) in [6.07, 6.45) is 6.57. The van der Waals surface area contributed by atoms with Gasteiger partial charge in [0.05, 0.1) is 0 Å². The average Bonchev–Trinajstić information content (AvgIpc) is 2.13. The molecule has 2 atom stereocenters. The van der Waals surface area contributed by atoms with Gasteiger partial charge in [-0.05, 0) is 58.4 Å². The Morgan fingerprint density at radius 2 is 1.83 bits per heavy atom. The maximum atomic E-state index is 3.82. The molecule has 0 saturated carbocycles. The molecule has 1 rings (SSSR count). The Morgan fingerprint density at radius 3 is 2.33 bits per heavy atom. The van der Waals surface area contributed by atoms with Crippen LogP contribution in [0.3, 0.4) is 0 Å². The lowest BCUT2D eigenvalue weighted by molar-refractivity contribution is 0.214. The van der Waals surface area contributed by atoms with E-state index in [1.54, 1.807) is 0 Å². The molecule has 2 heteroatoms. The smallest absolute Gasteiger partial charge is 0.0132 e. The molecule has 0 aromatic heterocycles. The first-order valence-corrected chi connectivity index (χ1v) is 7.69. The molecule has 18 heavy (non-hydrogen) atoms. The van der Waals surface area contributed by atoms with Crippen LogP contribution >= 0.6 is 0 Å². The van der Waals surface area contributed by atoms with Crippen LogP contribution in [-0.2, 0) is 0 Å². The fourth-order valence-corrected chi connectivity index (χ4v) is 3.65. The summed E-state index contributed by atoms with van der Waals surface area (Å²) in [6, 6.07) is 1.32. The second kappa shape index (κ2) is 6.38. The standard InChI is InChI=1S/C16H34N2/c1-13(11-14-9-7-8-10-17-14)18-16(5,6)12-15(2,3)4/h13-14,17-18H,7-12H2,1-6H3. The number of piperidine rings is 1. The van der Waals surface area contributed by atoms with Crippen LogP contribution in [0.5, 0.6) is 0 Å². The van der Waals surface area contributed by atoms with Gasteiger partial charge in [0.1, 0.15) is 0 Å². The molecule has 0 aliphatic carbocycles. The van der Waals surface area contributed by atoms with Crippen molar-refractivity contribution in [3.63, 3.8) is 0 Å². The minimum Gasteiger partial charge on any atom is -0.314 e. The molecule has 1 fully saturated rings. The van der Waals surface area contributed by atoms with Crippen molar-refractivity contribution in [1.82, 2.24) is 10.6 Å². The number of hydrogen-bond acceptors (Lipinski definition) is 2. The lowest BCUT2D eigenvalue weighted by Crippen LogP contribution is -2.49. The highest BCUT2D eigenvalue weighted by atomic mass is 15.0. The molecule has 2 unspecified atom stereocenters. The molecule has 108 valence electrons. The molecule has 0 radical (unpaired) electrons. The van der Waals surface area contributed by atoms with Crippen LogP contribution in [0.4, 0.5) is 0 Å². The highest BCUT2D eigenvalue weighted by Crippen LogP contribution is 2.27. The zero-order chi connectivity index (χ0) is 13.8. The van der Waals surface area contributed by atoms with Gasteiger partial charge in [-0.3, -0.25) is 0 Å². The van der Waals surface area contributed by atoms with Crippen LogP contribution in [0, 0.1) is 5.41 Å². The zero-order valence-electron chi connectivity index (χ0n) is 13.4. The van der Waals surface area contributed by atoms with Crippen molar-refractivity contribution in [3.05, 3.63) is 0 Å². The van der Waals surface area contributed by atoms with Gasteiger partial charge < -0.3 is 10.6 Å². The summed E-state index contributed by atoms with van der Waals surface area (Å²) in [4.78, 5) is 0. The fourth-order valence-electron chi connectivity index (χ4n) is 3.65. The lowest BCUT2D eigenvalue weighted by atomic mass is 9.81. The van der Waals surface area contributed by atoms with Gasteiger partial charge >= 0.3 is 0 Å². The normalized spacial score (nSPS) is 24.0. The second-order valence-corrected chi connectivity index (χ2v) is 8.05. The van der Waals surface area contributed by atoms with E-state index in [0.717, 1.165) is 6.04 Å². The molecule has 2 nitrogen and oxygen atoms in total. The number of nitrogens with one attached hydrogen (secondary N) is 2. The SMILES string of the molecule is CC(CC1CCCCN1)NC(C)(C)CC(C)(C)C. The number of hydrogen-bond donors (Lipinski definition) is 2. The minimum absolute atomic E-state index is 0.229. The highest BCUT2D eigenvalue weighted by molar-refractivity contribution is 4.87. The third-order valence-corrected chi connectivity index (χ3v) is 3.66. The molecule has 0 aromatic carbocycles. The van der Waals surface area contributed by atoms with Gasteiger partial charge in [-0.25, -0.2) is 0 Å². The summed E-state index contributed by atoms with van der Waals surface area (Å²) in [5.74, 6) is 0. The second-order valence-electron chi connectivity index (χ2n) is 8.05. The Hall–Kier alpha value is -0.0800. The van der Waals surface area contributed by atoms with E-state index in [1.807, 2.05) is 0 Å². The quantitative estimate of drug-likeness (QED) is 0.781.